The van der Waals surface area contributed by atoms with E-state index in [-0.39, 0.29) is 25.7 Å². The summed E-state index contributed by atoms with van der Waals surface area (Å²) >= 11 is 0. The summed E-state index contributed by atoms with van der Waals surface area (Å²) in [7, 11) is -9.88. The van der Waals surface area contributed by atoms with E-state index in [2.05, 4.69) is 27.7 Å². The van der Waals surface area contributed by atoms with E-state index in [0.29, 0.717) is 25.7 Å². The Morgan fingerprint density at radius 1 is 0.286 bits per heavy atom. The molecule has 0 aliphatic rings. The van der Waals surface area contributed by atoms with Crippen LogP contribution in [0.3, 0.4) is 0 Å². The smallest absolute Gasteiger partial charge is 0.462 e. The zero-order valence-electron chi connectivity index (χ0n) is 53.9. The summed E-state index contributed by atoms with van der Waals surface area (Å²) in [6, 6.07) is 0. The number of aliphatic hydroxyl groups excluding tert-OH is 1. The first-order valence-electron chi connectivity index (χ1n) is 34.3. The van der Waals surface area contributed by atoms with E-state index < -0.39 is 97.5 Å². The summed E-state index contributed by atoms with van der Waals surface area (Å²) < 4.78 is 67.8. The molecule has 0 fully saturated rings. The van der Waals surface area contributed by atoms with E-state index in [0.717, 1.165) is 96.3 Å². The number of hydrogen-bond acceptors (Lipinski definition) is 15. The molecule has 0 radical (unpaired) electrons. The Hall–Kier alpha value is -1.94. The highest BCUT2D eigenvalue weighted by Crippen LogP contribution is 2.45. The Morgan fingerprint density at radius 3 is 0.702 bits per heavy atom. The van der Waals surface area contributed by atoms with Crippen LogP contribution in [0, 0.1) is 0 Å². The first kappa shape index (κ1) is 82.1. The zero-order chi connectivity index (χ0) is 61.9. The lowest BCUT2D eigenvalue weighted by Gasteiger charge is -2.21. The van der Waals surface area contributed by atoms with Gasteiger partial charge >= 0.3 is 39.5 Å². The number of aliphatic hydroxyl groups is 1. The van der Waals surface area contributed by atoms with Gasteiger partial charge in [-0.15, -0.1) is 0 Å². The maximum atomic E-state index is 13.0. The lowest BCUT2D eigenvalue weighted by atomic mass is 10.0. The molecule has 0 amide bonds. The summed E-state index contributed by atoms with van der Waals surface area (Å²) in [6.07, 6.45) is 46.2. The predicted molar refractivity (Wildman–Crippen MR) is 335 cm³/mol. The third-order valence-corrected chi connectivity index (χ3v) is 17.0. The van der Waals surface area contributed by atoms with Crippen LogP contribution < -0.4 is 0 Å². The van der Waals surface area contributed by atoms with Crippen molar-refractivity contribution in [2.24, 2.45) is 0 Å². The van der Waals surface area contributed by atoms with E-state index in [9.17, 15) is 43.2 Å². The molecule has 0 aromatic rings. The number of ether oxygens (including phenoxy) is 4. The quantitative estimate of drug-likeness (QED) is 0.0222. The third kappa shape index (κ3) is 59.0. The molecule has 0 saturated carbocycles. The minimum absolute atomic E-state index is 0.105. The second-order valence-electron chi connectivity index (χ2n) is 23.5. The van der Waals surface area contributed by atoms with Crippen molar-refractivity contribution < 1.29 is 80.2 Å². The number of carbonyl (C=O) groups is 4. The number of hydrogen-bond donors (Lipinski definition) is 3. The SMILES string of the molecule is CCCCCCCCCCCCCCCCCCC(=O)O[C@H](COC(=O)CCCCCCCCCCCCCCCC)COP(=O)(O)OC[C@@H](O)COP(=O)(O)OC[C@@H](COC(=O)CCCCCCC)OC(=O)CCCCCCCCCCC. The van der Waals surface area contributed by atoms with Crippen LogP contribution in [0.15, 0.2) is 0 Å². The van der Waals surface area contributed by atoms with Crippen molar-refractivity contribution in [2.45, 2.75) is 354 Å². The van der Waals surface area contributed by atoms with Crippen molar-refractivity contribution in [1.82, 2.24) is 0 Å². The standard InChI is InChI=1S/C65H126O17P2/c1-5-9-13-17-20-23-25-27-29-30-32-34-37-40-44-48-52-65(70)82-61(56-76-63(68)50-46-42-38-36-33-31-28-26-24-21-18-14-10-6-2)58-80-84(73,74)78-54-59(66)53-77-83(71,72)79-57-60(55-75-62(67)49-45-41-16-12-8-4)81-64(69)51-47-43-39-35-22-19-15-11-7-3/h59-61,66H,5-58H2,1-4H3,(H,71,72)(H,73,74)/t59-,60+,61+/m0/s1. The van der Waals surface area contributed by atoms with Gasteiger partial charge in [-0.3, -0.25) is 37.3 Å². The molecule has 0 spiro atoms. The molecule has 19 heteroatoms. The highest BCUT2D eigenvalue weighted by Gasteiger charge is 2.30. The molecular weight excluding hydrogens is 1110 g/mol. The Balaban J connectivity index is 5.15. The van der Waals surface area contributed by atoms with E-state index in [1.807, 2.05) is 0 Å². The molecule has 0 aromatic heterocycles. The highest BCUT2D eigenvalue weighted by molar-refractivity contribution is 7.47. The summed E-state index contributed by atoms with van der Waals surface area (Å²) in [5.41, 5.74) is 0. The molecule has 0 aliphatic heterocycles. The van der Waals surface area contributed by atoms with Gasteiger partial charge < -0.3 is 33.8 Å². The lowest BCUT2D eigenvalue weighted by Crippen LogP contribution is -2.30. The van der Waals surface area contributed by atoms with Crippen molar-refractivity contribution in [3.63, 3.8) is 0 Å². The van der Waals surface area contributed by atoms with Gasteiger partial charge in [-0.25, -0.2) is 9.13 Å². The molecule has 3 N–H and O–H groups in total. The molecule has 0 saturated heterocycles. The average molecular weight is 1240 g/mol. The second-order valence-corrected chi connectivity index (χ2v) is 26.4. The molecule has 0 bridgehead atoms. The Bertz CT molecular complexity index is 1620. The lowest BCUT2D eigenvalue weighted by molar-refractivity contribution is -0.161. The third-order valence-electron chi connectivity index (χ3n) is 15.1. The first-order chi connectivity index (χ1) is 40.7. The molecule has 84 heavy (non-hydrogen) atoms. The summed E-state index contributed by atoms with van der Waals surface area (Å²) in [4.78, 5) is 72.0. The summed E-state index contributed by atoms with van der Waals surface area (Å²) in [5, 5.41) is 10.5. The van der Waals surface area contributed by atoms with Crippen LogP contribution >= 0.6 is 15.6 Å². The number of esters is 4. The van der Waals surface area contributed by atoms with Crippen molar-refractivity contribution >= 4 is 39.5 Å². The zero-order valence-corrected chi connectivity index (χ0v) is 55.7. The molecule has 0 rings (SSSR count). The number of phosphoric acid groups is 2. The van der Waals surface area contributed by atoms with Crippen LogP contribution in [-0.4, -0.2) is 96.7 Å². The Kier molecular flexibility index (Phi) is 58.6. The first-order valence-corrected chi connectivity index (χ1v) is 37.3. The molecule has 2 unspecified atom stereocenters. The fourth-order valence-corrected chi connectivity index (χ4v) is 11.4. The number of carbonyl (C=O) groups excluding carboxylic acids is 4. The molecule has 498 valence electrons. The molecule has 0 aromatic carbocycles. The van der Waals surface area contributed by atoms with E-state index in [1.165, 1.54) is 161 Å². The normalized spacial score (nSPS) is 14.1. The van der Waals surface area contributed by atoms with E-state index >= 15 is 0 Å². The average Bonchev–Trinajstić information content (AvgIpc) is 3.60. The van der Waals surface area contributed by atoms with Crippen molar-refractivity contribution in [3.8, 4) is 0 Å². The molecule has 0 heterocycles. The molecule has 5 atom stereocenters. The maximum Gasteiger partial charge on any atom is 0.472 e. The van der Waals surface area contributed by atoms with Gasteiger partial charge in [0.2, 0.25) is 0 Å². The van der Waals surface area contributed by atoms with Crippen LogP contribution in [0.2, 0.25) is 0 Å². The van der Waals surface area contributed by atoms with E-state index in [4.69, 9.17) is 37.0 Å². The van der Waals surface area contributed by atoms with Gasteiger partial charge in [0.05, 0.1) is 26.4 Å². The van der Waals surface area contributed by atoms with Crippen molar-refractivity contribution in [1.29, 1.82) is 0 Å². The maximum absolute atomic E-state index is 13.0. The van der Waals surface area contributed by atoms with Gasteiger partial charge in [0.1, 0.15) is 19.3 Å². The van der Waals surface area contributed by atoms with Crippen LogP contribution in [0.5, 0.6) is 0 Å². The van der Waals surface area contributed by atoms with Crippen molar-refractivity contribution in [2.75, 3.05) is 39.6 Å². The van der Waals surface area contributed by atoms with Gasteiger partial charge in [-0.05, 0) is 25.7 Å². The predicted octanol–water partition coefficient (Wildman–Crippen LogP) is 18.3. The monoisotopic (exact) mass is 1240 g/mol. The van der Waals surface area contributed by atoms with Crippen LogP contribution in [0.4, 0.5) is 0 Å². The number of rotatable bonds is 66. The van der Waals surface area contributed by atoms with Crippen LogP contribution in [0.25, 0.3) is 0 Å². The molecular formula is C65H126O17P2. The van der Waals surface area contributed by atoms with Gasteiger partial charge in [0, 0.05) is 25.7 Å². The van der Waals surface area contributed by atoms with Crippen molar-refractivity contribution in [3.05, 3.63) is 0 Å². The molecule has 0 aliphatic carbocycles. The van der Waals surface area contributed by atoms with Gasteiger partial charge in [0.15, 0.2) is 12.2 Å². The second kappa shape index (κ2) is 60.0. The number of unbranched alkanes of at least 4 members (excludes halogenated alkanes) is 40. The van der Waals surface area contributed by atoms with Gasteiger partial charge in [-0.2, -0.15) is 0 Å². The van der Waals surface area contributed by atoms with E-state index in [1.54, 1.807) is 0 Å². The van der Waals surface area contributed by atoms with Crippen LogP contribution in [-0.2, 0) is 65.4 Å². The number of phosphoric ester groups is 2. The summed E-state index contributed by atoms with van der Waals surface area (Å²) in [5.74, 6) is -2.14. The summed E-state index contributed by atoms with van der Waals surface area (Å²) in [6.45, 7) is 4.81. The van der Waals surface area contributed by atoms with Gasteiger partial charge in [0.25, 0.3) is 0 Å². The minimum atomic E-state index is -4.94. The fourth-order valence-electron chi connectivity index (χ4n) is 9.81. The molecule has 17 nitrogen and oxygen atoms in total. The minimum Gasteiger partial charge on any atom is -0.462 e. The highest BCUT2D eigenvalue weighted by atomic mass is 31.2. The largest absolute Gasteiger partial charge is 0.472 e. The van der Waals surface area contributed by atoms with Crippen LogP contribution in [0.1, 0.15) is 336 Å². The van der Waals surface area contributed by atoms with Gasteiger partial charge in [-0.1, -0.05) is 285 Å². The topological polar surface area (TPSA) is 237 Å². The Morgan fingerprint density at radius 2 is 0.476 bits per heavy atom. The Labute approximate surface area is 511 Å². The fraction of sp³-hybridized carbons (Fsp3) is 0.938.